The maximum absolute atomic E-state index is 11.3. The third-order valence-electron chi connectivity index (χ3n) is 3.55. The number of rotatable bonds is 1. The smallest absolute Gasteiger partial charge is 0.246 e. The fourth-order valence-electron chi connectivity index (χ4n) is 2.67. The first-order valence-corrected chi connectivity index (χ1v) is 6.01. The molecule has 0 aliphatic carbocycles. The molecule has 0 aromatic heterocycles. The van der Waals surface area contributed by atoms with E-state index >= 15 is 0 Å². The summed E-state index contributed by atoms with van der Waals surface area (Å²) >= 11 is 0. The Bertz CT molecular complexity index is 407. The second-order valence-corrected chi connectivity index (χ2v) is 4.61. The van der Waals surface area contributed by atoms with Crippen LogP contribution in [0.3, 0.4) is 0 Å². The summed E-state index contributed by atoms with van der Waals surface area (Å²) in [6, 6.07) is 10.6. The predicted molar refractivity (Wildman–Crippen MR) is 63.7 cm³/mol. The Morgan fingerprint density at radius 1 is 1.18 bits per heavy atom. The first-order valence-electron chi connectivity index (χ1n) is 6.01. The molecule has 2 fully saturated rings. The third-order valence-corrected chi connectivity index (χ3v) is 3.55. The largest absolute Gasteiger partial charge is 0.366 e. The fraction of sp³-hybridized carbons (Fsp3) is 0.462. The van der Waals surface area contributed by atoms with Crippen LogP contribution in [0.1, 0.15) is 11.5 Å². The van der Waals surface area contributed by atoms with Crippen molar-refractivity contribution in [2.24, 2.45) is 0 Å². The molecule has 0 bridgehead atoms. The van der Waals surface area contributed by atoms with E-state index in [0.29, 0.717) is 12.5 Å². The predicted octanol–water partition coefficient (Wildman–Crippen LogP) is 0.257. The lowest BCUT2D eigenvalue weighted by atomic mass is 9.93. The summed E-state index contributed by atoms with van der Waals surface area (Å²) in [6.45, 7) is 1.74. The van der Waals surface area contributed by atoms with Crippen LogP contribution in [0.25, 0.3) is 0 Å². The highest BCUT2D eigenvalue weighted by Crippen LogP contribution is 2.29. The van der Waals surface area contributed by atoms with Gasteiger partial charge >= 0.3 is 0 Å². The Hall–Kier alpha value is -1.39. The van der Waals surface area contributed by atoms with Gasteiger partial charge in [0.05, 0.1) is 12.1 Å². The molecule has 3 rings (SSSR count). The molecule has 1 aromatic carbocycles. The number of amides is 1. The van der Waals surface area contributed by atoms with E-state index in [9.17, 15) is 4.79 Å². The van der Waals surface area contributed by atoms with Gasteiger partial charge in [0, 0.05) is 19.0 Å². The molecule has 3 atom stereocenters. The number of ether oxygens (including phenoxy) is 1. The number of nitrogens with one attached hydrogen (secondary N) is 2. The van der Waals surface area contributed by atoms with Crippen molar-refractivity contribution in [2.75, 3.05) is 19.7 Å². The molecule has 0 spiro atoms. The number of carbonyl (C=O) groups is 1. The second kappa shape index (κ2) is 4.47. The van der Waals surface area contributed by atoms with Crippen LogP contribution in [0.15, 0.2) is 30.3 Å². The Morgan fingerprint density at radius 3 is 2.82 bits per heavy atom. The Morgan fingerprint density at radius 2 is 2.00 bits per heavy atom. The monoisotopic (exact) mass is 232 g/mol. The van der Waals surface area contributed by atoms with Crippen LogP contribution in [-0.4, -0.2) is 37.7 Å². The standard InChI is InChI=1S/C13H16N2O2/c16-12-8-17-13-10(6-14-11(13)7-15-12)9-4-2-1-3-5-9/h1-5,10-11,13-14H,6-8H2,(H,15,16)/t10-,11-,13-/m1/s1. The minimum absolute atomic E-state index is 0.0204. The topological polar surface area (TPSA) is 50.4 Å². The second-order valence-electron chi connectivity index (χ2n) is 4.61. The number of hydrogen-bond donors (Lipinski definition) is 2. The van der Waals surface area contributed by atoms with Gasteiger partial charge < -0.3 is 15.4 Å². The fourth-order valence-corrected chi connectivity index (χ4v) is 2.67. The SMILES string of the molecule is O=C1CO[C@@H]2[C@@H](c3ccccc3)CN[C@@H]2CN1. The van der Waals surface area contributed by atoms with Gasteiger partial charge in [-0.3, -0.25) is 4.79 Å². The zero-order valence-electron chi connectivity index (χ0n) is 9.56. The summed E-state index contributed by atoms with van der Waals surface area (Å²) in [4.78, 5) is 11.3. The first-order chi connectivity index (χ1) is 8.34. The zero-order valence-corrected chi connectivity index (χ0v) is 9.56. The average molecular weight is 232 g/mol. The van der Waals surface area contributed by atoms with Crippen molar-refractivity contribution in [3.05, 3.63) is 35.9 Å². The van der Waals surface area contributed by atoms with Gasteiger partial charge in [-0.25, -0.2) is 0 Å². The van der Waals surface area contributed by atoms with Crippen LogP contribution in [-0.2, 0) is 9.53 Å². The highest BCUT2D eigenvalue weighted by molar-refractivity contribution is 5.77. The van der Waals surface area contributed by atoms with E-state index in [-0.39, 0.29) is 24.7 Å². The van der Waals surface area contributed by atoms with Crippen molar-refractivity contribution >= 4 is 5.91 Å². The molecule has 2 saturated heterocycles. The minimum Gasteiger partial charge on any atom is -0.366 e. The summed E-state index contributed by atoms with van der Waals surface area (Å²) in [5.41, 5.74) is 1.28. The lowest BCUT2D eigenvalue weighted by molar-refractivity contribution is -0.125. The van der Waals surface area contributed by atoms with Crippen molar-refractivity contribution in [1.82, 2.24) is 10.6 Å². The van der Waals surface area contributed by atoms with Gasteiger partial charge in [0.15, 0.2) is 0 Å². The van der Waals surface area contributed by atoms with Crippen LogP contribution in [0.2, 0.25) is 0 Å². The van der Waals surface area contributed by atoms with E-state index in [0.717, 1.165) is 6.54 Å². The van der Waals surface area contributed by atoms with Crippen molar-refractivity contribution in [1.29, 1.82) is 0 Å². The lowest BCUT2D eigenvalue weighted by Gasteiger charge is -2.21. The number of benzene rings is 1. The summed E-state index contributed by atoms with van der Waals surface area (Å²) in [7, 11) is 0. The van der Waals surface area contributed by atoms with Crippen molar-refractivity contribution in [3.63, 3.8) is 0 Å². The van der Waals surface area contributed by atoms with Gasteiger partial charge in [0.25, 0.3) is 0 Å². The quantitative estimate of drug-likeness (QED) is 0.730. The molecule has 90 valence electrons. The Kier molecular flexibility index (Phi) is 2.82. The van der Waals surface area contributed by atoms with Crippen LogP contribution in [0.5, 0.6) is 0 Å². The van der Waals surface area contributed by atoms with Crippen molar-refractivity contribution in [2.45, 2.75) is 18.1 Å². The van der Waals surface area contributed by atoms with Gasteiger partial charge in [-0.15, -0.1) is 0 Å². The van der Waals surface area contributed by atoms with Gasteiger partial charge in [-0.05, 0) is 5.56 Å². The maximum Gasteiger partial charge on any atom is 0.246 e. The van der Waals surface area contributed by atoms with E-state index in [4.69, 9.17) is 4.74 Å². The van der Waals surface area contributed by atoms with Gasteiger partial charge in [0.1, 0.15) is 6.61 Å². The summed E-state index contributed by atoms with van der Waals surface area (Å²) in [6.07, 6.45) is 0.0938. The molecule has 0 saturated carbocycles. The van der Waals surface area contributed by atoms with Gasteiger partial charge in [-0.2, -0.15) is 0 Å². The molecule has 17 heavy (non-hydrogen) atoms. The van der Waals surface area contributed by atoms with E-state index < -0.39 is 0 Å². The van der Waals surface area contributed by atoms with Gasteiger partial charge in [0.2, 0.25) is 5.91 Å². The third kappa shape index (κ3) is 2.06. The zero-order chi connectivity index (χ0) is 11.7. The molecule has 2 aliphatic heterocycles. The van der Waals surface area contributed by atoms with Crippen LogP contribution < -0.4 is 10.6 Å². The molecule has 1 aromatic rings. The lowest BCUT2D eigenvalue weighted by Crippen LogP contribution is -2.39. The normalized spacial score (nSPS) is 32.7. The Balaban J connectivity index is 1.81. The van der Waals surface area contributed by atoms with E-state index in [1.165, 1.54) is 5.56 Å². The Labute approximate surface area is 100 Å². The molecule has 0 radical (unpaired) electrons. The van der Waals surface area contributed by atoms with Crippen LogP contribution in [0, 0.1) is 0 Å². The highest BCUT2D eigenvalue weighted by Gasteiger charge is 2.39. The summed E-state index contributed by atoms with van der Waals surface area (Å²) < 4.78 is 5.73. The molecular formula is C13H16N2O2. The molecule has 4 heteroatoms. The molecule has 2 N–H and O–H groups in total. The number of fused-ring (bicyclic) bond motifs is 1. The van der Waals surface area contributed by atoms with E-state index in [2.05, 4.69) is 22.8 Å². The maximum atomic E-state index is 11.3. The first kappa shape index (κ1) is 10.7. The molecule has 2 aliphatic rings. The van der Waals surface area contributed by atoms with Gasteiger partial charge in [-0.1, -0.05) is 30.3 Å². The average Bonchev–Trinajstić information content (AvgIpc) is 2.69. The van der Waals surface area contributed by atoms with E-state index in [1.807, 2.05) is 18.2 Å². The number of hydrogen-bond acceptors (Lipinski definition) is 3. The molecule has 2 heterocycles. The minimum atomic E-state index is -0.0204. The van der Waals surface area contributed by atoms with Crippen LogP contribution >= 0.6 is 0 Å². The van der Waals surface area contributed by atoms with Crippen molar-refractivity contribution < 1.29 is 9.53 Å². The molecule has 0 unspecified atom stereocenters. The number of carbonyl (C=O) groups excluding carboxylic acids is 1. The highest BCUT2D eigenvalue weighted by atomic mass is 16.5. The molecular weight excluding hydrogens is 216 g/mol. The summed E-state index contributed by atoms with van der Waals surface area (Å²) in [5, 5.41) is 6.29. The molecule has 4 nitrogen and oxygen atoms in total. The summed E-state index contributed by atoms with van der Waals surface area (Å²) in [5.74, 6) is 0.321. The molecule has 1 amide bonds. The van der Waals surface area contributed by atoms with Crippen molar-refractivity contribution in [3.8, 4) is 0 Å². The van der Waals surface area contributed by atoms with E-state index in [1.54, 1.807) is 0 Å². The van der Waals surface area contributed by atoms with Crippen LogP contribution in [0.4, 0.5) is 0 Å².